The van der Waals surface area contributed by atoms with Crippen molar-refractivity contribution < 1.29 is 13.2 Å². The number of nitrogens with one attached hydrogen (secondary N) is 2. The molecule has 2 rings (SSSR count). The summed E-state index contributed by atoms with van der Waals surface area (Å²) in [6.07, 6.45) is -3.43. The van der Waals surface area contributed by atoms with Gasteiger partial charge in [-0.25, -0.2) is 10.4 Å². The number of hydrogen-bond donors (Lipinski definition) is 2. The van der Waals surface area contributed by atoms with Crippen molar-refractivity contribution in [2.24, 2.45) is 5.10 Å². The van der Waals surface area contributed by atoms with Crippen molar-refractivity contribution in [2.75, 3.05) is 5.43 Å². The van der Waals surface area contributed by atoms with Gasteiger partial charge in [0.05, 0.1) is 17.5 Å². The van der Waals surface area contributed by atoms with Crippen LogP contribution in [-0.4, -0.2) is 16.2 Å². The number of nitrogens with zero attached hydrogens (tertiary/aromatic N) is 2. The predicted octanol–water partition coefficient (Wildman–Crippen LogP) is 3.36. The Bertz CT molecular complexity index is 766. The summed E-state index contributed by atoms with van der Waals surface area (Å²) in [6, 6.07) is 6.42. The van der Waals surface area contributed by atoms with E-state index in [0.717, 1.165) is 12.3 Å². The highest BCUT2D eigenvalue weighted by Gasteiger charge is 2.32. The molecule has 122 valence electrons. The molecule has 2 N–H and O–H groups in total. The van der Waals surface area contributed by atoms with Crippen LogP contribution in [0.5, 0.6) is 0 Å². The number of alkyl halides is 3. The molecule has 1 aromatic carbocycles. The SMILES string of the molecule is CC(C)c1cc(=O)[nH]c(N/N=C\c2ccccc2C(F)(F)F)n1. The van der Waals surface area contributed by atoms with Crippen molar-refractivity contribution in [2.45, 2.75) is 25.9 Å². The minimum atomic E-state index is -4.47. The lowest BCUT2D eigenvalue weighted by molar-refractivity contribution is -0.137. The van der Waals surface area contributed by atoms with E-state index in [2.05, 4.69) is 20.5 Å². The van der Waals surface area contributed by atoms with Crippen LogP contribution in [0.2, 0.25) is 0 Å². The maximum absolute atomic E-state index is 12.9. The molecule has 0 aliphatic heterocycles. The molecule has 0 aliphatic rings. The van der Waals surface area contributed by atoms with Crippen molar-refractivity contribution in [3.8, 4) is 0 Å². The van der Waals surface area contributed by atoms with Crippen LogP contribution in [0.3, 0.4) is 0 Å². The van der Waals surface area contributed by atoms with Gasteiger partial charge in [0, 0.05) is 11.6 Å². The first-order valence-electron chi connectivity index (χ1n) is 6.84. The molecule has 8 heteroatoms. The molecule has 0 unspecified atom stereocenters. The lowest BCUT2D eigenvalue weighted by Gasteiger charge is -2.09. The van der Waals surface area contributed by atoms with Crippen LogP contribution in [0.15, 0.2) is 40.2 Å². The number of hydrazone groups is 1. The third-order valence-electron chi connectivity index (χ3n) is 2.99. The Morgan fingerprint density at radius 3 is 2.65 bits per heavy atom. The van der Waals surface area contributed by atoms with Crippen molar-refractivity contribution in [1.82, 2.24) is 9.97 Å². The Balaban J connectivity index is 2.22. The van der Waals surface area contributed by atoms with Crippen LogP contribution in [-0.2, 0) is 6.18 Å². The van der Waals surface area contributed by atoms with Gasteiger partial charge in [0.2, 0.25) is 5.95 Å². The van der Waals surface area contributed by atoms with Crippen molar-refractivity contribution in [3.63, 3.8) is 0 Å². The molecule has 0 spiro atoms. The molecule has 0 bridgehead atoms. The normalized spacial score (nSPS) is 12.1. The highest BCUT2D eigenvalue weighted by atomic mass is 19.4. The molecule has 23 heavy (non-hydrogen) atoms. The largest absolute Gasteiger partial charge is 0.417 e. The van der Waals surface area contributed by atoms with Gasteiger partial charge in [-0.2, -0.15) is 18.3 Å². The molecule has 0 fully saturated rings. The zero-order valence-corrected chi connectivity index (χ0v) is 12.5. The molecule has 2 aromatic rings. The molecule has 0 amide bonds. The summed E-state index contributed by atoms with van der Waals surface area (Å²) in [5, 5.41) is 3.72. The molecule has 1 aromatic heterocycles. The van der Waals surface area contributed by atoms with Gasteiger partial charge in [-0.1, -0.05) is 32.0 Å². The van der Waals surface area contributed by atoms with Gasteiger partial charge in [0.25, 0.3) is 5.56 Å². The molecule has 5 nitrogen and oxygen atoms in total. The van der Waals surface area contributed by atoms with Gasteiger partial charge in [-0.3, -0.25) is 9.78 Å². The quantitative estimate of drug-likeness (QED) is 0.669. The van der Waals surface area contributed by atoms with Crippen molar-refractivity contribution in [3.05, 3.63) is 57.5 Å². The van der Waals surface area contributed by atoms with E-state index < -0.39 is 11.7 Å². The van der Waals surface area contributed by atoms with Crippen LogP contribution in [0.25, 0.3) is 0 Å². The maximum atomic E-state index is 12.9. The molecule has 0 atom stereocenters. The van der Waals surface area contributed by atoms with Crippen LogP contribution >= 0.6 is 0 Å². The average molecular weight is 324 g/mol. The predicted molar refractivity (Wildman–Crippen MR) is 81.6 cm³/mol. The minimum absolute atomic E-state index is 0.0350. The molecule has 0 aliphatic carbocycles. The van der Waals surface area contributed by atoms with E-state index in [9.17, 15) is 18.0 Å². The number of aromatic amines is 1. The number of anilines is 1. The fourth-order valence-electron chi connectivity index (χ4n) is 1.86. The maximum Gasteiger partial charge on any atom is 0.417 e. The smallest absolute Gasteiger partial charge is 0.291 e. The van der Waals surface area contributed by atoms with Gasteiger partial charge in [0.1, 0.15) is 0 Å². The second kappa shape index (κ2) is 6.64. The summed E-state index contributed by atoms with van der Waals surface area (Å²) < 4.78 is 38.6. The zero-order chi connectivity index (χ0) is 17.0. The summed E-state index contributed by atoms with van der Waals surface area (Å²) in [4.78, 5) is 18.1. The molecular weight excluding hydrogens is 309 g/mol. The van der Waals surface area contributed by atoms with E-state index in [-0.39, 0.29) is 23.0 Å². The van der Waals surface area contributed by atoms with Crippen LogP contribution in [0.1, 0.15) is 36.6 Å². The Morgan fingerprint density at radius 2 is 2.00 bits per heavy atom. The van der Waals surface area contributed by atoms with Gasteiger partial charge >= 0.3 is 6.18 Å². The molecular formula is C15H15F3N4O. The van der Waals surface area contributed by atoms with Gasteiger partial charge < -0.3 is 0 Å². The number of halogens is 3. The van der Waals surface area contributed by atoms with E-state index >= 15 is 0 Å². The monoisotopic (exact) mass is 324 g/mol. The second-order valence-corrected chi connectivity index (χ2v) is 5.13. The first-order chi connectivity index (χ1) is 10.8. The minimum Gasteiger partial charge on any atom is -0.291 e. The van der Waals surface area contributed by atoms with Gasteiger partial charge in [0.15, 0.2) is 0 Å². The summed E-state index contributed by atoms with van der Waals surface area (Å²) in [5.74, 6) is 0.106. The molecule has 0 saturated carbocycles. The van der Waals surface area contributed by atoms with Crippen LogP contribution < -0.4 is 11.0 Å². The Morgan fingerprint density at radius 1 is 1.30 bits per heavy atom. The third kappa shape index (κ3) is 4.41. The average Bonchev–Trinajstić information content (AvgIpc) is 2.46. The van der Waals surface area contributed by atoms with Gasteiger partial charge in [-0.05, 0) is 12.0 Å². The number of H-pyrrole nitrogens is 1. The topological polar surface area (TPSA) is 70.1 Å². The Hall–Kier alpha value is -2.64. The van der Waals surface area contributed by atoms with E-state index in [4.69, 9.17) is 0 Å². The number of benzene rings is 1. The Labute approximate surface area is 130 Å². The van der Waals surface area contributed by atoms with Gasteiger partial charge in [-0.15, -0.1) is 0 Å². The van der Waals surface area contributed by atoms with Crippen LogP contribution in [0.4, 0.5) is 19.1 Å². The highest BCUT2D eigenvalue weighted by molar-refractivity contribution is 5.82. The molecule has 0 saturated heterocycles. The Kier molecular flexibility index (Phi) is 4.83. The van der Waals surface area contributed by atoms with Crippen LogP contribution in [0, 0.1) is 0 Å². The molecule has 1 heterocycles. The van der Waals surface area contributed by atoms with E-state index in [0.29, 0.717) is 5.69 Å². The summed E-state index contributed by atoms with van der Waals surface area (Å²) >= 11 is 0. The number of aromatic nitrogens is 2. The van der Waals surface area contributed by atoms with Crippen molar-refractivity contribution >= 4 is 12.2 Å². The van der Waals surface area contributed by atoms with E-state index in [1.807, 2.05) is 13.8 Å². The number of rotatable bonds is 4. The summed E-state index contributed by atoms with van der Waals surface area (Å²) in [7, 11) is 0. The highest BCUT2D eigenvalue weighted by Crippen LogP contribution is 2.31. The first-order valence-corrected chi connectivity index (χ1v) is 6.84. The lowest BCUT2D eigenvalue weighted by Crippen LogP contribution is -2.13. The third-order valence-corrected chi connectivity index (χ3v) is 2.99. The summed E-state index contributed by atoms with van der Waals surface area (Å²) in [5.41, 5.74) is 1.76. The standard InChI is InChI=1S/C15H15F3N4O/c1-9(2)12-7-13(23)21-14(20-12)22-19-8-10-5-3-4-6-11(10)15(16,17)18/h3-9H,1-2H3,(H2,20,21,22,23)/b19-8-. The zero-order valence-electron chi connectivity index (χ0n) is 12.5. The first kappa shape index (κ1) is 16.7. The fourth-order valence-corrected chi connectivity index (χ4v) is 1.86. The summed E-state index contributed by atoms with van der Waals surface area (Å²) in [6.45, 7) is 3.74. The fraction of sp³-hybridized carbons (Fsp3) is 0.267. The lowest BCUT2D eigenvalue weighted by atomic mass is 10.1. The second-order valence-electron chi connectivity index (χ2n) is 5.13. The molecule has 0 radical (unpaired) electrons. The number of hydrogen-bond acceptors (Lipinski definition) is 4. The van der Waals surface area contributed by atoms with E-state index in [1.165, 1.54) is 24.3 Å². The van der Waals surface area contributed by atoms with E-state index in [1.54, 1.807) is 0 Å². The van der Waals surface area contributed by atoms with Crippen molar-refractivity contribution in [1.29, 1.82) is 0 Å².